The molecule has 1 heterocycles. The molecule has 0 amide bonds. The molecule has 0 aromatic heterocycles. The van der Waals surface area contributed by atoms with Crippen LogP contribution in [-0.4, -0.2) is 137 Å². The summed E-state index contributed by atoms with van der Waals surface area (Å²) < 4.78 is 0. The molecule has 0 radical (unpaired) electrons. The summed E-state index contributed by atoms with van der Waals surface area (Å²) in [5.41, 5.74) is 0. The van der Waals surface area contributed by atoms with Crippen LogP contribution in [0.3, 0.4) is 0 Å². The largest absolute Gasteiger partial charge is 0.480 e. The van der Waals surface area contributed by atoms with Gasteiger partial charge >= 0.3 is 17.9 Å². The van der Waals surface area contributed by atoms with Crippen LogP contribution in [0.2, 0.25) is 0 Å². The Morgan fingerprint density at radius 3 is 1.55 bits per heavy atom. The van der Waals surface area contributed by atoms with Crippen LogP contribution in [0, 0.1) is 0 Å². The van der Waals surface area contributed by atoms with Gasteiger partial charge in [-0.05, 0) is 19.9 Å². The summed E-state index contributed by atoms with van der Waals surface area (Å²) in [5.74, 6) is -2.98. The highest BCUT2D eigenvalue weighted by atomic mass is 16.4. The number of aliphatic carboxylic acids is 3. The van der Waals surface area contributed by atoms with Gasteiger partial charge in [-0.15, -0.1) is 0 Å². The van der Waals surface area contributed by atoms with Crippen LogP contribution < -0.4 is 0 Å². The van der Waals surface area contributed by atoms with Crippen LogP contribution in [-0.2, 0) is 19.2 Å². The van der Waals surface area contributed by atoms with E-state index in [9.17, 15) is 34.5 Å². The Bertz CT molecular complexity index is 616. The fourth-order valence-corrected chi connectivity index (χ4v) is 3.68. The molecule has 0 aliphatic carbocycles. The normalized spacial score (nSPS) is 19.8. The molecule has 0 saturated carbocycles. The van der Waals surface area contributed by atoms with E-state index in [2.05, 4.69) is 4.90 Å². The zero-order chi connectivity index (χ0) is 23.4. The lowest BCUT2D eigenvalue weighted by Crippen LogP contribution is -2.51. The number of hydrogen-bond acceptors (Lipinski definition) is 8. The standard InChI is InChI=1S/C20H36N4O7/c1-3-21-6-7-22(14-18(26)27)8-9-23(15-19(28)29)11-13-24(12-10-21)17(20(30)31)5-4-16(2)25/h17H,3-15H2,1-2H3,(H,26,27)(H,28,29)(H,30,31). The van der Waals surface area contributed by atoms with E-state index >= 15 is 0 Å². The number of nitrogens with zero attached hydrogens (tertiary/aromatic N) is 4. The first-order chi connectivity index (χ1) is 14.6. The maximum atomic E-state index is 11.9. The van der Waals surface area contributed by atoms with Gasteiger partial charge in [0.05, 0.1) is 13.1 Å². The zero-order valence-electron chi connectivity index (χ0n) is 18.5. The molecular formula is C20H36N4O7. The third kappa shape index (κ3) is 11.2. The Labute approximate surface area is 183 Å². The summed E-state index contributed by atoms with van der Waals surface area (Å²) in [7, 11) is 0. The zero-order valence-corrected chi connectivity index (χ0v) is 18.5. The number of carbonyl (C=O) groups excluding carboxylic acids is 1. The summed E-state index contributed by atoms with van der Waals surface area (Å²) in [6.07, 6.45) is 0.385. The van der Waals surface area contributed by atoms with Crippen molar-refractivity contribution in [1.82, 2.24) is 19.6 Å². The second kappa shape index (κ2) is 14.1. The van der Waals surface area contributed by atoms with E-state index in [-0.39, 0.29) is 31.7 Å². The van der Waals surface area contributed by atoms with Crippen molar-refractivity contribution in [3.05, 3.63) is 0 Å². The van der Waals surface area contributed by atoms with Crippen molar-refractivity contribution in [2.75, 3.05) is 72.0 Å². The second-order valence-electron chi connectivity index (χ2n) is 7.90. The van der Waals surface area contributed by atoms with Crippen molar-refractivity contribution in [2.45, 2.75) is 32.7 Å². The summed E-state index contributed by atoms with van der Waals surface area (Å²) in [5, 5.41) is 28.2. The maximum Gasteiger partial charge on any atom is 0.320 e. The van der Waals surface area contributed by atoms with Crippen LogP contribution in [0.1, 0.15) is 26.7 Å². The van der Waals surface area contributed by atoms with Gasteiger partial charge in [0.25, 0.3) is 0 Å². The molecule has 1 aliphatic heterocycles. The van der Waals surface area contributed by atoms with E-state index in [1.807, 2.05) is 11.8 Å². The van der Waals surface area contributed by atoms with Gasteiger partial charge in [0.15, 0.2) is 0 Å². The molecule has 11 heteroatoms. The minimum Gasteiger partial charge on any atom is -0.480 e. The SMILES string of the molecule is CCN1CCN(CC(=O)O)CCN(CC(=O)O)CCN(C(CCC(C)=O)C(=O)O)CC1. The Hall–Kier alpha value is -2.08. The molecule has 0 aromatic rings. The Balaban J connectivity index is 3.01. The fourth-order valence-electron chi connectivity index (χ4n) is 3.68. The molecule has 1 aliphatic rings. The van der Waals surface area contributed by atoms with Crippen LogP contribution in [0.5, 0.6) is 0 Å². The monoisotopic (exact) mass is 444 g/mol. The number of carbonyl (C=O) groups is 4. The van der Waals surface area contributed by atoms with Gasteiger partial charge in [0.1, 0.15) is 11.8 Å². The molecule has 178 valence electrons. The molecule has 0 spiro atoms. The molecule has 1 saturated heterocycles. The van der Waals surface area contributed by atoms with E-state index < -0.39 is 23.9 Å². The molecule has 0 aromatic carbocycles. The van der Waals surface area contributed by atoms with Crippen molar-refractivity contribution < 1.29 is 34.5 Å². The lowest BCUT2D eigenvalue weighted by molar-refractivity contribution is -0.144. The predicted molar refractivity (Wildman–Crippen MR) is 113 cm³/mol. The molecule has 1 atom stereocenters. The van der Waals surface area contributed by atoms with Crippen molar-refractivity contribution in [1.29, 1.82) is 0 Å². The topological polar surface area (TPSA) is 142 Å². The molecular weight excluding hydrogens is 408 g/mol. The van der Waals surface area contributed by atoms with Crippen molar-refractivity contribution in [2.24, 2.45) is 0 Å². The third-order valence-corrected chi connectivity index (χ3v) is 5.53. The van der Waals surface area contributed by atoms with Gasteiger partial charge in [0, 0.05) is 58.8 Å². The molecule has 11 nitrogen and oxygen atoms in total. The van der Waals surface area contributed by atoms with Gasteiger partial charge in [-0.25, -0.2) is 0 Å². The average Bonchev–Trinajstić information content (AvgIpc) is 2.66. The number of Topliss-reactive ketones (excluding diaryl/α,β-unsaturated/α-hetero) is 1. The molecule has 0 bridgehead atoms. The lowest BCUT2D eigenvalue weighted by atomic mass is 10.1. The minimum atomic E-state index is -0.994. The predicted octanol–water partition coefficient (Wildman–Crippen LogP) is -0.780. The number of hydrogen-bond donors (Lipinski definition) is 3. The Morgan fingerprint density at radius 2 is 1.16 bits per heavy atom. The lowest BCUT2D eigenvalue weighted by Gasteiger charge is -2.35. The summed E-state index contributed by atoms with van der Waals surface area (Å²) in [6.45, 7) is 7.51. The minimum absolute atomic E-state index is 0.0678. The summed E-state index contributed by atoms with van der Waals surface area (Å²) in [4.78, 5) is 53.2. The highest BCUT2D eigenvalue weighted by molar-refractivity contribution is 5.78. The van der Waals surface area contributed by atoms with E-state index in [0.29, 0.717) is 52.4 Å². The van der Waals surface area contributed by atoms with Gasteiger partial charge < -0.3 is 25.0 Å². The Kier molecular flexibility index (Phi) is 12.2. The fraction of sp³-hybridized carbons (Fsp3) is 0.800. The first kappa shape index (κ1) is 27.0. The molecule has 1 rings (SSSR count). The van der Waals surface area contributed by atoms with Gasteiger partial charge in [0.2, 0.25) is 0 Å². The molecule has 3 N–H and O–H groups in total. The van der Waals surface area contributed by atoms with Gasteiger partial charge in [-0.3, -0.25) is 29.1 Å². The van der Waals surface area contributed by atoms with Crippen molar-refractivity contribution in [3.8, 4) is 0 Å². The first-order valence-corrected chi connectivity index (χ1v) is 10.7. The van der Waals surface area contributed by atoms with Gasteiger partial charge in [-0.1, -0.05) is 6.92 Å². The molecule has 31 heavy (non-hydrogen) atoms. The Morgan fingerprint density at radius 1 is 0.742 bits per heavy atom. The first-order valence-electron chi connectivity index (χ1n) is 10.7. The molecule has 1 unspecified atom stereocenters. The van der Waals surface area contributed by atoms with E-state index in [1.165, 1.54) is 6.92 Å². The number of rotatable bonds is 10. The van der Waals surface area contributed by atoms with E-state index in [1.54, 1.807) is 9.80 Å². The highest BCUT2D eigenvalue weighted by Crippen LogP contribution is 2.10. The third-order valence-electron chi connectivity index (χ3n) is 5.53. The highest BCUT2D eigenvalue weighted by Gasteiger charge is 2.27. The summed E-state index contributed by atoms with van der Waals surface area (Å²) >= 11 is 0. The number of carboxylic acids is 3. The van der Waals surface area contributed by atoms with E-state index in [0.717, 1.165) is 6.54 Å². The van der Waals surface area contributed by atoms with Crippen LogP contribution in [0.15, 0.2) is 0 Å². The maximum absolute atomic E-state index is 11.9. The van der Waals surface area contributed by atoms with Crippen molar-refractivity contribution >= 4 is 23.7 Å². The average molecular weight is 445 g/mol. The van der Waals surface area contributed by atoms with E-state index in [4.69, 9.17) is 0 Å². The number of carboxylic acid groups (broad SMARTS) is 3. The van der Waals surface area contributed by atoms with Crippen molar-refractivity contribution in [3.63, 3.8) is 0 Å². The smallest absolute Gasteiger partial charge is 0.320 e. The quantitative estimate of drug-likeness (QED) is 0.390. The van der Waals surface area contributed by atoms with Crippen LogP contribution >= 0.6 is 0 Å². The number of ketones is 1. The number of likely N-dealkylation sites (N-methyl/N-ethyl adjacent to an activating group) is 1. The van der Waals surface area contributed by atoms with Gasteiger partial charge in [-0.2, -0.15) is 0 Å². The molecule has 1 fully saturated rings. The second-order valence-corrected chi connectivity index (χ2v) is 7.90. The van der Waals surface area contributed by atoms with Crippen LogP contribution in [0.25, 0.3) is 0 Å². The summed E-state index contributed by atoms with van der Waals surface area (Å²) in [6, 6.07) is -0.819. The van der Waals surface area contributed by atoms with Crippen LogP contribution in [0.4, 0.5) is 0 Å².